The van der Waals surface area contributed by atoms with Crippen molar-refractivity contribution in [1.29, 1.82) is 0 Å². The number of hydrogen-bond acceptors (Lipinski definition) is 0. The van der Waals surface area contributed by atoms with E-state index in [9.17, 15) is 0 Å². The van der Waals surface area contributed by atoms with Crippen molar-refractivity contribution in [2.45, 2.75) is 52.4 Å². The maximum atomic E-state index is 2.35. The van der Waals surface area contributed by atoms with E-state index in [1.807, 2.05) is 6.07 Å². The van der Waals surface area contributed by atoms with Crippen LogP contribution in [0.2, 0.25) is 0 Å². The van der Waals surface area contributed by atoms with Crippen LogP contribution < -0.4 is 24.8 Å². The SMILES string of the molecule is CC(C)(C)c1ccc2c(c1)[cH-]c1cc(C(C)(C)C)ccc12.[Cl-].[Cl-].[Zr+2]=[C](c1ccccc1)c1ccccc1.c1ccc(-c2ccc[cH-]2)cc1. The monoisotopic (exact) mass is 744 g/mol. The summed E-state index contributed by atoms with van der Waals surface area (Å²) in [4.78, 5) is 0. The normalized spacial score (nSPS) is 10.9. The Morgan fingerprint density at radius 2 is 0.917 bits per heavy atom. The molecule has 0 aliphatic heterocycles. The molecular weight excluding hydrogens is 703 g/mol. The second-order valence-electron chi connectivity index (χ2n) is 13.9. The van der Waals surface area contributed by atoms with Gasteiger partial charge in [0.15, 0.2) is 0 Å². The smallest absolute Gasteiger partial charge is 0.0638 e. The van der Waals surface area contributed by atoms with Gasteiger partial charge in [0.05, 0.1) is 0 Å². The minimum absolute atomic E-state index is 0. The fraction of sp³-hybridized carbons (Fsp3) is 0.178. The first-order valence-electron chi connectivity index (χ1n) is 16.1. The van der Waals surface area contributed by atoms with Crippen LogP contribution >= 0.6 is 0 Å². The van der Waals surface area contributed by atoms with Crippen LogP contribution in [0.3, 0.4) is 0 Å². The van der Waals surface area contributed by atoms with Crippen LogP contribution in [-0.2, 0) is 35.1 Å². The zero-order valence-corrected chi connectivity index (χ0v) is 32.7. The van der Waals surface area contributed by atoms with Gasteiger partial charge in [-0.15, -0.1) is 51.4 Å². The molecule has 7 aromatic rings. The summed E-state index contributed by atoms with van der Waals surface area (Å²) >= 11 is 1.46. The Morgan fingerprint density at radius 3 is 1.29 bits per heavy atom. The van der Waals surface area contributed by atoms with Crippen LogP contribution in [0.15, 0.2) is 158 Å². The number of hydrogen-bond donors (Lipinski definition) is 0. The van der Waals surface area contributed by atoms with E-state index in [2.05, 4.69) is 193 Å². The predicted octanol–water partition coefficient (Wildman–Crippen LogP) is 6.19. The molecule has 7 rings (SSSR count). The van der Waals surface area contributed by atoms with Crippen LogP contribution in [0.1, 0.15) is 63.8 Å². The molecule has 0 nitrogen and oxygen atoms in total. The summed E-state index contributed by atoms with van der Waals surface area (Å²) in [5.41, 5.74) is 8.46. The third-order valence-corrected chi connectivity index (χ3v) is 9.75. The van der Waals surface area contributed by atoms with Crippen LogP contribution in [0.4, 0.5) is 0 Å². The Balaban J connectivity index is 0.000000202. The standard InChI is InChI=1S/C21H25.C13H10.C11H9.2ClH.Zr/c1-20(2,3)16-7-9-18-14(12-16)11-15-13-17(21(4,5)6)8-10-19(15)18;1-3-7-12(8-4-1)11-13-9-5-2-6-10-13;1-2-6-10(7-3-1)11-8-4-5-9-11;;;/h7-13H,1-6H3;1-10H;1-9H;2*1H;/q-1;;-1;;;+2/p-2. The Bertz CT molecular complexity index is 1880. The van der Waals surface area contributed by atoms with Crippen molar-refractivity contribution >= 4 is 24.8 Å². The second kappa shape index (κ2) is 17.4. The van der Waals surface area contributed by atoms with Gasteiger partial charge in [-0.3, -0.25) is 0 Å². The molecule has 0 aromatic heterocycles. The number of fused-ring (bicyclic) bond motifs is 3. The molecule has 0 saturated heterocycles. The molecule has 0 unspecified atom stereocenters. The van der Waals surface area contributed by atoms with Gasteiger partial charge in [0.25, 0.3) is 0 Å². The van der Waals surface area contributed by atoms with Crippen LogP contribution in [0.5, 0.6) is 0 Å². The van der Waals surface area contributed by atoms with Crippen molar-refractivity contribution in [3.05, 3.63) is 180 Å². The number of rotatable bonds is 3. The summed E-state index contributed by atoms with van der Waals surface area (Å²) in [6, 6.07) is 56.0. The van der Waals surface area contributed by atoms with Gasteiger partial charge in [0, 0.05) is 0 Å². The predicted molar refractivity (Wildman–Crippen MR) is 198 cm³/mol. The first-order valence-corrected chi connectivity index (χ1v) is 17.3. The third-order valence-electron chi connectivity index (χ3n) is 8.33. The molecule has 0 bridgehead atoms. The minimum Gasteiger partial charge on any atom is -0.176 e. The summed E-state index contributed by atoms with van der Waals surface area (Å²) in [7, 11) is 0. The molecule has 0 spiro atoms. The van der Waals surface area contributed by atoms with E-state index < -0.39 is 0 Å². The zero-order chi connectivity index (χ0) is 32.7. The molecule has 244 valence electrons. The Hall–Kier alpha value is -3.35. The summed E-state index contributed by atoms with van der Waals surface area (Å²) in [6.07, 6.45) is 0. The molecule has 0 radical (unpaired) electrons. The van der Waals surface area contributed by atoms with E-state index in [0.717, 1.165) is 0 Å². The molecule has 0 aliphatic rings. The number of benzene rings is 5. The molecule has 0 saturated carbocycles. The summed E-state index contributed by atoms with van der Waals surface area (Å²) in [6.45, 7) is 13.6. The van der Waals surface area contributed by atoms with Crippen molar-refractivity contribution in [2.24, 2.45) is 0 Å². The van der Waals surface area contributed by atoms with Crippen molar-refractivity contribution in [2.75, 3.05) is 0 Å². The van der Waals surface area contributed by atoms with Crippen LogP contribution in [0, 0.1) is 0 Å². The molecular formula is C45H44Cl2Zr-2. The average molecular weight is 747 g/mol. The van der Waals surface area contributed by atoms with Gasteiger partial charge in [-0.1, -0.05) is 107 Å². The van der Waals surface area contributed by atoms with Gasteiger partial charge in [0.1, 0.15) is 0 Å². The van der Waals surface area contributed by atoms with Crippen molar-refractivity contribution in [3.8, 4) is 11.1 Å². The molecule has 7 aromatic carbocycles. The minimum atomic E-state index is 0. The fourth-order valence-corrected chi connectivity index (χ4v) is 6.35. The van der Waals surface area contributed by atoms with E-state index in [1.165, 1.54) is 82.4 Å². The second-order valence-corrected chi connectivity index (χ2v) is 15.1. The van der Waals surface area contributed by atoms with Gasteiger partial charge >= 0.3 is 99.2 Å². The molecule has 48 heavy (non-hydrogen) atoms. The average Bonchev–Trinajstić information content (AvgIpc) is 3.74. The first-order chi connectivity index (χ1) is 22.0. The maximum Gasteiger partial charge on any atom is -0.0638 e. The molecule has 3 heteroatoms. The van der Waals surface area contributed by atoms with E-state index in [-0.39, 0.29) is 35.6 Å². The first kappa shape index (κ1) is 39.1. The molecule has 0 amide bonds. The Labute approximate surface area is 315 Å². The van der Waals surface area contributed by atoms with E-state index in [4.69, 9.17) is 0 Å². The topological polar surface area (TPSA) is 0 Å². The van der Waals surface area contributed by atoms with Gasteiger partial charge in [-0.05, 0) is 10.8 Å². The summed E-state index contributed by atoms with van der Waals surface area (Å²) in [5, 5.41) is 5.48. The van der Waals surface area contributed by atoms with E-state index in [1.54, 1.807) is 0 Å². The van der Waals surface area contributed by atoms with E-state index in [0.29, 0.717) is 0 Å². The quantitative estimate of drug-likeness (QED) is 0.190. The zero-order valence-electron chi connectivity index (χ0n) is 28.8. The van der Waals surface area contributed by atoms with Gasteiger partial charge in [0.2, 0.25) is 0 Å². The maximum absolute atomic E-state index is 2.35. The number of halogens is 2. The fourth-order valence-electron chi connectivity index (χ4n) is 5.53. The third kappa shape index (κ3) is 10.1. The molecule has 0 atom stereocenters. The summed E-state index contributed by atoms with van der Waals surface area (Å²) in [5.74, 6) is 0. The largest absolute Gasteiger partial charge is 0.176 e. The van der Waals surface area contributed by atoms with Crippen molar-refractivity contribution < 1.29 is 49.0 Å². The van der Waals surface area contributed by atoms with Crippen LogP contribution in [-0.4, -0.2) is 3.21 Å². The van der Waals surface area contributed by atoms with Crippen molar-refractivity contribution in [3.63, 3.8) is 0 Å². The molecule has 0 heterocycles. The van der Waals surface area contributed by atoms with Gasteiger partial charge in [-0.25, -0.2) is 0 Å². The Morgan fingerprint density at radius 1 is 0.500 bits per heavy atom. The van der Waals surface area contributed by atoms with Crippen LogP contribution in [0.25, 0.3) is 32.7 Å². The molecule has 0 fully saturated rings. The van der Waals surface area contributed by atoms with Gasteiger partial charge < -0.3 is 24.8 Å². The molecule has 0 aliphatic carbocycles. The summed E-state index contributed by atoms with van der Waals surface area (Å²) < 4.78 is 1.42. The van der Waals surface area contributed by atoms with Crippen molar-refractivity contribution in [1.82, 2.24) is 0 Å². The van der Waals surface area contributed by atoms with E-state index >= 15 is 0 Å². The molecule has 0 N–H and O–H groups in total. The van der Waals surface area contributed by atoms with Gasteiger partial charge in [-0.2, -0.15) is 23.8 Å². The Kier molecular flexibility index (Phi) is 14.1.